The number of ketones is 1. The molecule has 5 heteroatoms. The third-order valence-electron chi connectivity index (χ3n) is 2.70. The van der Waals surface area contributed by atoms with Gasteiger partial charge in [0, 0.05) is 7.05 Å². The lowest BCUT2D eigenvalue weighted by Gasteiger charge is -2.23. The number of aromatic nitrogens is 2. The lowest BCUT2D eigenvalue weighted by atomic mass is 9.90. The molecule has 0 aromatic carbocycles. The van der Waals surface area contributed by atoms with Gasteiger partial charge in [-0.1, -0.05) is 25.4 Å². The second-order valence-corrected chi connectivity index (χ2v) is 3.94. The van der Waals surface area contributed by atoms with Crippen molar-refractivity contribution in [3.8, 4) is 0 Å². The van der Waals surface area contributed by atoms with Gasteiger partial charge in [-0.2, -0.15) is 5.10 Å². The average Bonchev–Trinajstić information content (AvgIpc) is 2.56. The molecule has 0 unspecified atom stereocenters. The Kier molecular flexibility index (Phi) is 3.52. The molecule has 1 rings (SSSR count). The number of hydrogen-bond donors (Lipinski definition) is 1. The van der Waals surface area contributed by atoms with Gasteiger partial charge >= 0.3 is 0 Å². The Labute approximate surface area is 93.9 Å². The molecule has 0 bridgehead atoms. The highest BCUT2D eigenvalue weighted by Gasteiger charge is 2.35. The van der Waals surface area contributed by atoms with E-state index in [-0.39, 0.29) is 16.5 Å². The molecule has 15 heavy (non-hydrogen) atoms. The molecule has 1 heterocycles. The monoisotopic (exact) mass is 230 g/mol. The number of carbonyl (C=O) groups excluding carboxylic acids is 1. The van der Waals surface area contributed by atoms with Gasteiger partial charge < -0.3 is 5.11 Å². The Morgan fingerprint density at radius 1 is 1.60 bits per heavy atom. The molecule has 84 valence electrons. The van der Waals surface area contributed by atoms with Gasteiger partial charge in [0.1, 0.15) is 11.3 Å². The van der Waals surface area contributed by atoms with Crippen LogP contribution >= 0.6 is 11.6 Å². The van der Waals surface area contributed by atoms with Crippen molar-refractivity contribution in [1.29, 1.82) is 0 Å². The fourth-order valence-electron chi connectivity index (χ4n) is 1.46. The van der Waals surface area contributed by atoms with Gasteiger partial charge in [-0.15, -0.1) is 0 Å². The maximum absolute atomic E-state index is 12.0. The van der Waals surface area contributed by atoms with Crippen LogP contribution in [0, 0.1) is 0 Å². The number of Topliss-reactive ketones (excluding diaryl/α,β-unsaturated/α-hetero) is 1. The fourth-order valence-corrected chi connectivity index (χ4v) is 1.71. The van der Waals surface area contributed by atoms with Crippen LogP contribution in [-0.4, -0.2) is 26.3 Å². The molecular weight excluding hydrogens is 216 g/mol. The standard InChI is InChI=1S/C10H15ClN2O2/c1-4-10(15,5-2)9(14)8-7(11)6-12-13(8)3/h6,15H,4-5H2,1-3H3. The summed E-state index contributed by atoms with van der Waals surface area (Å²) >= 11 is 5.84. The van der Waals surface area contributed by atoms with E-state index in [1.165, 1.54) is 10.9 Å². The Bertz CT molecular complexity index is 350. The topological polar surface area (TPSA) is 55.1 Å². The fraction of sp³-hybridized carbons (Fsp3) is 0.600. The highest BCUT2D eigenvalue weighted by atomic mass is 35.5. The first-order chi connectivity index (χ1) is 6.96. The molecule has 0 saturated carbocycles. The van der Waals surface area contributed by atoms with Crippen molar-refractivity contribution in [1.82, 2.24) is 9.78 Å². The van der Waals surface area contributed by atoms with E-state index in [1.54, 1.807) is 20.9 Å². The summed E-state index contributed by atoms with van der Waals surface area (Å²) < 4.78 is 1.39. The van der Waals surface area contributed by atoms with Crippen molar-refractivity contribution in [3.63, 3.8) is 0 Å². The minimum absolute atomic E-state index is 0.267. The van der Waals surface area contributed by atoms with Crippen LogP contribution in [0.2, 0.25) is 5.02 Å². The third kappa shape index (κ3) is 2.06. The highest BCUT2D eigenvalue weighted by Crippen LogP contribution is 2.25. The molecule has 0 atom stereocenters. The average molecular weight is 231 g/mol. The van der Waals surface area contributed by atoms with Crippen LogP contribution in [0.1, 0.15) is 37.2 Å². The van der Waals surface area contributed by atoms with Crippen molar-refractivity contribution in [3.05, 3.63) is 16.9 Å². The molecule has 1 N–H and O–H groups in total. The SMILES string of the molecule is CCC(O)(CC)C(=O)c1c(Cl)cnn1C. The Balaban J connectivity index is 3.14. The van der Waals surface area contributed by atoms with Crippen LogP contribution in [0.3, 0.4) is 0 Å². The smallest absolute Gasteiger partial charge is 0.213 e. The Morgan fingerprint density at radius 2 is 2.13 bits per heavy atom. The van der Waals surface area contributed by atoms with Crippen LogP contribution in [-0.2, 0) is 7.05 Å². The zero-order valence-corrected chi connectivity index (χ0v) is 9.88. The Morgan fingerprint density at radius 3 is 2.47 bits per heavy atom. The number of aliphatic hydroxyl groups is 1. The van der Waals surface area contributed by atoms with Crippen molar-refractivity contribution in [2.75, 3.05) is 0 Å². The van der Waals surface area contributed by atoms with Crippen LogP contribution in [0.25, 0.3) is 0 Å². The van der Waals surface area contributed by atoms with Crippen LogP contribution < -0.4 is 0 Å². The zero-order chi connectivity index (χ0) is 11.6. The number of nitrogens with zero attached hydrogens (tertiary/aromatic N) is 2. The van der Waals surface area contributed by atoms with E-state index in [9.17, 15) is 9.90 Å². The first-order valence-electron chi connectivity index (χ1n) is 4.91. The lowest BCUT2D eigenvalue weighted by molar-refractivity contribution is 0.0268. The van der Waals surface area contributed by atoms with Crippen molar-refractivity contribution in [2.24, 2.45) is 7.05 Å². The van der Waals surface area contributed by atoms with E-state index < -0.39 is 5.60 Å². The van der Waals surface area contributed by atoms with Gasteiger partial charge in [0.05, 0.1) is 11.2 Å². The number of rotatable bonds is 4. The summed E-state index contributed by atoms with van der Waals surface area (Å²) in [5.41, 5.74) is -1.07. The van der Waals surface area contributed by atoms with Gasteiger partial charge in [0.15, 0.2) is 0 Å². The molecule has 0 radical (unpaired) electrons. The van der Waals surface area contributed by atoms with E-state index in [0.717, 1.165) is 0 Å². The molecular formula is C10H15ClN2O2. The molecule has 0 aliphatic rings. The van der Waals surface area contributed by atoms with E-state index >= 15 is 0 Å². The van der Waals surface area contributed by atoms with Crippen molar-refractivity contribution >= 4 is 17.4 Å². The maximum Gasteiger partial charge on any atom is 0.213 e. The molecule has 0 aliphatic carbocycles. The first-order valence-corrected chi connectivity index (χ1v) is 5.28. The summed E-state index contributed by atoms with van der Waals surface area (Å²) in [6, 6.07) is 0. The van der Waals surface area contributed by atoms with Gasteiger partial charge in [-0.05, 0) is 12.8 Å². The van der Waals surface area contributed by atoms with Crippen LogP contribution in [0.15, 0.2) is 6.20 Å². The van der Waals surface area contributed by atoms with Gasteiger partial charge in [-0.25, -0.2) is 0 Å². The van der Waals surface area contributed by atoms with Crippen LogP contribution in [0.5, 0.6) is 0 Å². The predicted molar refractivity (Wildman–Crippen MR) is 58.1 cm³/mol. The normalized spacial score (nSPS) is 11.8. The Hall–Kier alpha value is -0.870. The first kappa shape index (κ1) is 12.2. The van der Waals surface area contributed by atoms with E-state index in [2.05, 4.69) is 5.10 Å². The number of hydrogen-bond acceptors (Lipinski definition) is 3. The molecule has 0 saturated heterocycles. The summed E-state index contributed by atoms with van der Waals surface area (Å²) in [6.45, 7) is 3.54. The molecule has 0 aliphatic heterocycles. The number of carbonyl (C=O) groups is 1. The van der Waals surface area contributed by atoms with Crippen molar-refractivity contribution < 1.29 is 9.90 Å². The summed E-state index contributed by atoms with van der Waals surface area (Å²) in [6.07, 6.45) is 2.13. The molecule has 1 aromatic heterocycles. The summed E-state index contributed by atoms with van der Waals surface area (Å²) in [7, 11) is 1.63. The molecule has 0 fully saturated rings. The second kappa shape index (κ2) is 4.33. The van der Waals surface area contributed by atoms with Crippen molar-refractivity contribution in [2.45, 2.75) is 32.3 Å². The van der Waals surface area contributed by atoms with E-state index in [1.807, 2.05) is 0 Å². The molecule has 1 aromatic rings. The highest BCUT2D eigenvalue weighted by molar-refractivity contribution is 6.34. The van der Waals surface area contributed by atoms with Gasteiger partial charge in [-0.3, -0.25) is 9.48 Å². The number of aryl methyl sites for hydroxylation is 1. The molecule has 4 nitrogen and oxygen atoms in total. The molecule has 0 amide bonds. The summed E-state index contributed by atoms with van der Waals surface area (Å²) in [5.74, 6) is -0.363. The second-order valence-electron chi connectivity index (χ2n) is 3.53. The largest absolute Gasteiger partial charge is 0.382 e. The summed E-state index contributed by atoms with van der Waals surface area (Å²) in [4.78, 5) is 12.0. The third-order valence-corrected chi connectivity index (χ3v) is 2.98. The van der Waals surface area contributed by atoms with E-state index in [4.69, 9.17) is 11.6 Å². The lowest BCUT2D eigenvalue weighted by Crippen LogP contribution is -2.38. The van der Waals surface area contributed by atoms with Crippen LogP contribution in [0.4, 0.5) is 0 Å². The van der Waals surface area contributed by atoms with Gasteiger partial charge in [0.2, 0.25) is 5.78 Å². The van der Waals surface area contributed by atoms with E-state index in [0.29, 0.717) is 12.8 Å². The molecule has 0 spiro atoms. The zero-order valence-electron chi connectivity index (χ0n) is 9.12. The minimum Gasteiger partial charge on any atom is -0.382 e. The minimum atomic E-state index is -1.34. The predicted octanol–water partition coefficient (Wildman–Crippen LogP) is 1.81. The number of halogens is 1. The van der Waals surface area contributed by atoms with Gasteiger partial charge in [0.25, 0.3) is 0 Å². The maximum atomic E-state index is 12.0. The quantitative estimate of drug-likeness (QED) is 0.803. The summed E-state index contributed by atoms with van der Waals surface area (Å²) in [5, 5.41) is 14.2.